The molecular weight excluding hydrogens is 913 g/mol. The minimum absolute atomic E-state index is 0.108. The van der Waals surface area contributed by atoms with E-state index in [1.165, 1.54) is 122 Å². The van der Waals surface area contributed by atoms with E-state index in [0.29, 0.717) is 19.3 Å². The van der Waals surface area contributed by atoms with Crippen LogP contribution in [0.25, 0.3) is 0 Å². The highest BCUT2D eigenvalue weighted by Gasteiger charge is 2.19. The van der Waals surface area contributed by atoms with E-state index in [-0.39, 0.29) is 31.6 Å². The Morgan fingerprint density at radius 2 is 0.554 bits per heavy atom. The van der Waals surface area contributed by atoms with E-state index in [1.807, 2.05) is 6.08 Å². The molecule has 0 saturated carbocycles. The van der Waals surface area contributed by atoms with Gasteiger partial charge in [-0.05, 0) is 96.3 Å². The Kier molecular flexibility index (Phi) is 57.9. The van der Waals surface area contributed by atoms with Crippen molar-refractivity contribution < 1.29 is 28.6 Å². The number of allylic oxidation sites excluding steroid dienone is 20. The molecule has 1 atom stereocenters. The van der Waals surface area contributed by atoms with Gasteiger partial charge in [0.15, 0.2) is 6.10 Å². The minimum Gasteiger partial charge on any atom is -0.462 e. The maximum atomic E-state index is 12.8. The van der Waals surface area contributed by atoms with Gasteiger partial charge in [0.05, 0.1) is 0 Å². The molecule has 0 fully saturated rings. The van der Waals surface area contributed by atoms with Crippen LogP contribution in [0.3, 0.4) is 0 Å². The molecule has 1 unspecified atom stereocenters. The van der Waals surface area contributed by atoms with Crippen LogP contribution >= 0.6 is 0 Å². The fourth-order valence-electron chi connectivity index (χ4n) is 8.23. The molecule has 0 heterocycles. The third-order valence-electron chi connectivity index (χ3n) is 12.7. The van der Waals surface area contributed by atoms with E-state index in [2.05, 4.69) is 136 Å². The lowest BCUT2D eigenvalue weighted by Crippen LogP contribution is -2.30. The number of ether oxygens (including phenoxy) is 3. The zero-order chi connectivity index (χ0) is 53.6. The summed E-state index contributed by atoms with van der Waals surface area (Å²) >= 11 is 0. The highest BCUT2D eigenvalue weighted by molar-refractivity contribution is 5.71. The van der Waals surface area contributed by atoms with Crippen molar-refractivity contribution in [3.05, 3.63) is 122 Å². The maximum Gasteiger partial charge on any atom is 0.306 e. The second-order valence-electron chi connectivity index (χ2n) is 19.9. The largest absolute Gasteiger partial charge is 0.462 e. The van der Waals surface area contributed by atoms with Gasteiger partial charge in [0.1, 0.15) is 13.2 Å². The van der Waals surface area contributed by atoms with Crippen molar-refractivity contribution >= 4 is 17.9 Å². The average molecular weight is 1030 g/mol. The Morgan fingerprint density at radius 3 is 0.878 bits per heavy atom. The fourth-order valence-corrected chi connectivity index (χ4v) is 8.23. The SMILES string of the molecule is CC/C=C\C/C=C\C/C=C\C/C=C\C/C=C\C/C=C\CCC(=O)OC(COC(=O)CCCCCCCCCCCCCC)COC(=O)CCCCCCCCCCCCCC/C=C\C/C=C\C/C=C\C/C=C\CC. The Hall–Kier alpha value is -4.19. The van der Waals surface area contributed by atoms with Gasteiger partial charge in [-0.3, -0.25) is 14.4 Å². The third kappa shape index (κ3) is 58.7. The second-order valence-corrected chi connectivity index (χ2v) is 19.9. The van der Waals surface area contributed by atoms with E-state index in [4.69, 9.17) is 14.2 Å². The monoisotopic (exact) mass is 1020 g/mol. The summed E-state index contributed by atoms with van der Waals surface area (Å²) < 4.78 is 16.8. The molecule has 0 aromatic heterocycles. The summed E-state index contributed by atoms with van der Waals surface area (Å²) in [6.45, 7) is 6.36. The first-order valence-corrected chi connectivity index (χ1v) is 30.5. The van der Waals surface area contributed by atoms with E-state index in [1.54, 1.807) is 0 Å². The van der Waals surface area contributed by atoms with Crippen molar-refractivity contribution in [2.45, 2.75) is 277 Å². The van der Waals surface area contributed by atoms with Gasteiger partial charge in [0.2, 0.25) is 0 Å². The van der Waals surface area contributed by atoms with Gasteiger partial charge in [0.25, 0.3) is 0 Å². The van der Waals surface area contributed by atoms with Crippen LogP contribution in [0.2, 0.25) is 0 Å². The zero-order valence-corrected chi connectivity index (χ0v) is 48.1. The van der Waals surface area contributed by atoms with Gasteiger partial charge in [-0.15, -0.1) is 0 Å². The molecule has 0 bridgehead atoms. The van der Waals surface area contributed by atoms with Gasteiger partial charge < -0.3 is 14.2 Å². The number of hydrogen-bond donors (Lipinski definition) is 0. The number of carbonyl (C=O) groups is 3. The topological polar surface area (TPSA) is 78.9 Å². The number of unbranched alkanes of at least 4 members (excludes halogenated alkanes) is 23. The Morgan fingerprint density at radius 1 is 0.284 bits per heavy atom. The van der Waals surface area contributed by atoms with Crippen LogP contribution in [0.5, 0.6) is 0 Å². The quantitative estimate of drug-likeness (QED) is 0.0261. The van der Waals surface area contributed by atoms with Crippen LogP contribution in [0.4, 0.5) is 0 Å². The van der Waals surface area contributed by atoms with Crippen molar-refractivity contribution in [3.63, 3.8) is 0 Å². The number of hydrogen-bond acceptors (Lipinski definition) is 6. The molecule has 0 aliphatic carbocycles. The van der Waals surface area contributed by atoms with Crippen LogP contribution < -0.4 is 0 Å². The van der Waals surface area contributed by atoms with Gasteiger partial charge >= 0.3 is 17.9 Å². The van der Waals surface area contributed by atoms with E-state index in [9.17, 15) is 14.4 Å². The van der Waals surface area contributed by atoms with Crippen LogP contribution in [0, 0.1) is 0 Å². The molecule has 6 nitrogen and oxygen atoms in total. The lowest BCUT2D eigenvalue weighted by atomic mass is 10.0. The molecule has 0 aromatic rings. The van der Waals surface area contributed by atoms with Crippen molar-refractivity contribution in [1.29, 1.82) is 0 Å². The fraction of sp³-hybridized carbons (Fsp3) is 0.662. The molecule has 74 heavy (non-hydrogen) atoms. The maximum absolute atomic E-state index is 12.8. The Bertz CT molecular complexity index is 1550. The summed E-state index contributed by atoms with van der Waals surface area (Å²) in [6.07, 6.45) is 85.0. The predicted molar refractivity (Wildman–Crippen MR) is 320 cm³/mol. The minimum atomic E-state index is -0.821. The molecule has 0 spiro atoms. The predicted octanol–water partition coefficient (Wildman–Crippen LogP) is 20.8. The molecule has 0 saturated heterocycles. The molecule has 0 amide bonds. The summed E-state index contributed by atoms with van der Waals surface area (Å²) in [5.74, 6) is -0.993. The molecular formula is C68H112O6. The molecule has 0 aromatic carbocycles. The normalized spacial score (nSPS) is 13.0. The van der Waals surface area contributed by atoms with Crippen molar-refractivity contribution in [2.24, 2.45) is 0 Å². The summed E-state index contributed by atoms with van der Waals surface area (Å²) in [4.78, 5) is 38.2. The van der Waals surface area contributed by atoms with Gasteiger partial charge in [0, 0.05) is 19.3 Å². The smallest absolute Gasteiger partial charge is 0.306 e. The lowest BCUT2D eigenvalue weighted by Gasteiger charge is -2.18. The summed E-state index contributed by atoms with van der Waals surface area (Å²) in [6, 6.07) is 0. The summed E-state index contributed by atoms with van der Waals surface area (Å²) in [5.41, 5.74) is 0. The molecule has 0 aliphatic rings. The summed E-state index contributed by atoms with van der Waals surface area (Å²) in [5, 5.41) is 0. The molecule has 0 aliphatic heterocycles. The number of carbonyl (C=O) groups excluding carboxylic acids is 3. The molecule has 6 heteroatoms. The zero-order valence-electron chi connectivity index (χ0n) is 48.1. The number of esters is 3. The van der Waals surface area contributed by atoms with Crippen LogP contribution in [0.1, 0.15) is 271 Å². The second kappa shape index (κ2) is 61.4. The van der Waals surface area contributed by atoms with E-state index in [0.717, 1.165) is 103 Å². The first kappa shape index (κ1) is 69.8. The van der Waals surface area contributed by atoms with Gasteiger partial charge in [-0.25, -0.2) is 0 Å². The highest BCUT2D eigenvalue weighted by Crippen LogP contribution is 2.16. The van der Waals surface area contributed by atoms with E-state index < -0.39 is 12.1 Å². The van der Waals surface area contributed by atoms with Crippen molar-refractivity contribution in [2.75, 3.05) is 13.2 Å². The number of rotatable bonds is 54. The third-order valence-corrected chi connectivity index (χ3v) is 12.7. The lowest BCUT2D eigenvalue weighted by molar-refractivity contribution is -0.166. The first-order valence-electron chi connectivity index (χ1n) is 30.5. The van der Waals surface area contributed by atoms with Crippen LogP contribution in [-0.2, 0) is 28.6 Å². The van der Waals surface area contributed by atoms with Crippen molar-refractivity contribution in [3.8, 4) is 0 Å². The molecule has 0 N–H and O–H groups in total. The highest BCUT2D eigenvalue weighted by atomic mass is 16.6. The molecule has 0 radical (unpaired) electrons. The molecule has 0 rings (SSSR count). The standard InChI is InChI=1S/C68H112O6/c1-4-7-10-13-16-19-22-25-27-29-31-32-33-34-35-36-38-39-41-43-46-49-52-55-58-61-67(70)73-64-65(63-72-66(69)60-57-54-51-48-45-24-21-18-15-12-9-6-3)74-68(71)62-59-56-53-50-47-44-42-40-37-30-28-26-23-20-17-14-11-8-5-2/h7-8,10-11,16-17,19-20,25-28,31-32,37,40,44,47,53,56,65H,4-6,9,12-15,18,21-24,29-30,33-36,38-39,41-43,45-46,48-52,54-55,57-64H2,1-3H3/b10-7-,11-8-,19-16-,20-17-,27-25-,28-26-,32-31-,40-37-,47-44-,56-53-. The Balaban J connectivity index is 4.40. The van der Waals surface area contributed by atoms with Gasteiger partial charge in [-0.1, -0.05) is 277 Å². The first-order chi connectivity index (χ1) is 36.5. The molecule has 420 valence electrons. The Labute approximate surface area is 456 Å². The average Bonchev–Trinajstić information content (AvgIpc) is 3.40. The van der Waals surface area contributed by atoms with Crippen LogP contribution in [0.15, 0.2) is 122 Å². The van der Waals surface area contributed by atoms with Gasteiger partial charge in [-0.2, -0.15) is 0 Å². The van der Waals surface area contributed by atoms with E-state index >= 15 is 0 Å². The van der Waals surface area contributed by atoms with Crippen LogP contribution in [-0.4, -0.2) is 37.2 Å². The summed E-state index contributed by atoms with van der Waals surface area (Å²) in [7, 11) is 0. The van der Waals surface area contributed by atoms with Crippen molar-refractivity contribution in [1.82, 2.24) is 0 Å².